The molecule has 0 aliphatic rings. The zero-order chi connectivity index (χ0) is 15.4. The molecular formula is C15H24ClN5. The van der Waals surface area contributed by atoms with Crippen LogP contribution in [0.5, 0.6) is 0 Å². The molecule has 0 fully saturated rings. The van der Waals surface area contributed by atoms with Crippen LogP contribution < -0.4 is 5.32 Å². The van der Waals surface area contributed by atoms with Crippen LogP contribution in [0.3, 0.4) is 0 Å². The number of hydrogen-bond acceptors (Lipinski definition) is 3. The van der Waals surface area contributed by atoms with Crippen molar-refractivity contribution in [1.29, 1.82) is 0 Å². The Balaban J connectivity index is 2.12. The van der Waals surface area contributed by atoms with Crippen molar-refractivity contribution in [1.82, 2.24) is 24.6 Å². The van der Waals surface area contributed by atoms with Gasteiger partial charge in [-0.05, 0) is 26.3 Å². The molecule has 0 saturated heterocycles. The molecule has 2 rings (SSSR count). The van der Waals surface area contributed by atoms with Gasteiger partial charge in [0.2, 0.25) is 0 Å². The first kappa shape index (κ1) is 16.0. The Labute approximate surface area is 131 Å². The monoisotopic (exact) mass is 309 g/mol. The molecule has 0 aliphatic heterocycles. The molecule has 0 radical (unpaired) electrons. The number of halogens is 1. The van der Waals surface area contributed by atoms with E-state index in [0.29, 0.717) is 12.5 Å². The Bertz CT molecular complexity index is 585. The average Bonchev–Trinajstić information content (AvgIpc) is 2.98. The molecule has 0 aromatic carbocycles. The maximum absolute atomic E-state index is 6.38. The van der Waals surface area contributed by atoms with Gasteiger partial charge in [0.25, 0.3) is 0 Å². The van der Waals surface area contributed by atoms with E-state index in [1.807, 2.05) is 24.0 Å². The summed E-state index contributed by atoms with van der Waals surface area (Å²) in [7, 11) is 0. The minimum atomic E-state index is 0.632. The molecule has 0 saturated carbocycles. The second-order valence-corrected chi connectivity index (χ2v) is 6.04. The van der Waals surface area contributed by atoms with Gasteiger partial charge in [0.15, 0.2) is 0 Å². The van der Waals surface area contributed by atoms with E-state index in [1.165, 1.54) is 0 Å². The third-order valence-corrected chi connectivity index (χ3v) is 3.90. The van der Waals surface area contributed by atoms with Gasteiger partial charge >= 0.3 is 0 Å². The van der Waals surface area contributed by atoms with Crippen LogP contribution in [-0.4, -0.2) is 25.9 Å². The van der Waals surface area contributed by atoms with Gasteiger partial charge in [-0.1, -0.05) is 25.4 Å². The molecule has 0 aliphatic carbocycles. The lowest BCUT2D eigenvalue weighted by Crippen LogP contribution is -2.22. The number of nitrogens with zero attached hydrogens (tertiary/aromatic N) is 4. The maximum Gasteiger partial charge on any atom is 0.123 e. The third kappa shape index (κ3) is 3.86. The van der Waals surface area contributed by atoms with Crippen LogP contribution in [0.15, 0.2) is 12.4 Å². The van der Waals surface area contributed by atoms with Gasteiger partial charge in [0.05, 0.1) is 29.5 Å². The van der Waals surface area contributed by atoms with Crippen molar-refractivity contribution in [2.24, 2.45) is 5.92 Å². The molecule has 0 bridgehead atoms. The molecule has 1 N–H and O–H groups in total. The largest absolute Gasteiger partial charge is 0.328 e. The highest BCUT2D eigenvalue weighted by Crippen LogP contribution is 2.21. The van der Waals surface area contributed by atoms with Crippen molar-refractivity contribution in [3.05, 3.63) is 34.6 Å². The summed E-state index contributed by atoms with van der Waals surface area (Å²) in [5.74, 6) is 1.65. The van der Waals surface area contributed by atoms with E-state index in [4.69, 9.17) is 11.6 Å². The summed E-state index contributed by atoms with van der Waals surface area (Å²) in [4.78, 5) is 4.43. The van der Waals surface area contributed by atoms with Crippen molar-refractivity contribution in [2.75, 3.05) is 6.54 Å². The van der Waals surface area contributed by atoms with Crippen molar-refractivity contribution < 1.29 is 0 Å². The van der Waals surface area contributed by atoms with Crippen LogP contribution in [0, 0.1) is 12.8 Å². The summed E-state index contributed by atoms with van der Waals surface area (Å²) in [5.41, 5.74) is 1.92. The van der Waals surface area contributed by atoms with Gasteiger partial charge in [-0.2, -0.15) is 5.10 Å². The maximum atomic E-state index is 6.38. The summed E-state index contributed by atoms with van der Waals surface area (Å²) < 4.78 is 4.09. The first-order valence-electron chi connectivity index (χ1n) is 7.45. The summed E-state index contributed by atoms with van der Waals surface area (Å²) >= 11 is 6.38. The lowest BCUT2D eigenvalue weighted by atomic mass is 10.2. The third-order valence-electron chi connectivity index (χ3n) is 3.41. The smallest absolute Gasteiger partial charge is 0.123 e. The number of rotatable bonds is 7. The lowest BCUT2D eigenvalue weighted by molar-refractivity contribution is 0.527. The second-order valence-electron chi connectivity index (χ2n) is 5.66. The van der Waals surface area contributed by atoms with Crippen molar-refractivity contribution >= 4 is 11.6 Å². The molecule has 2 heterocycles. The summed E-state index contributed by atoms with van der Waals surface area (Å²) in [6.07, 6.45) is 3.82. The van der Waals surface area contributed by atoms with E-state index in [2.05, 4.69) is 40.7 Å². The van der Waals surface area contributed by atoms with Gasteiger partial charge in [-0.25, -0.2) is 4.98 Å². The fourth-order valence-electron chi connectivity index (χ4n) is 2.31. The number of aryl methyl sites for hydroxylation is 2. The Hall–Kier alpha value is -1.33. The molecular weight excluding hydrogens is 286 g/mol. The normalized spacial score (nSPS) is 11.5. The summed E-state index contributed by atoms with van der Waals surface area (Å²) in [5, 5.41) is 8.64. The number of imidazole rings is 1. The highest BCUT2D eigenvalue weighted by molar-refractivity contribution is 6.31. The number of hydrogen-bond donors (Lipinski definition) is 1. The zero-order valence-corrected chi connectivity index (χ0v) is 14.0. The van der Waals surface area contributed by atoms with Crippen LogP contribution >= 0.6 is 11.6 Å². The van der Waals surface area contributed by atoms with E-state index < -0.39 is 0 Å². The van der Waals surface area contributed by atoms with Crippen molar-refractivity contribution in [3.8, 4) is 0 Å². The van der Waals surface area contributed by atoms with E-state index >= 15 is 0 Å². The quantitative estimate of drug-likeness (QED) is 0.855. The number of nitrogens with one attached hydrogen (secondary N) is 1. The van der Waals surface area contributed by atoms with E-state index in [-0.39, 0.29) is 0 Å². The Morgan fingerprint density at radius 2 is 2.14 bits per heavy atom. The molecule has 0 amide bonds. The van der Waals surface area contributed by atoms with E-state index in [0.717, 1.165) is 41.9 Å². The highest BCUT2D eigenvalue weighted by atomic mass is 35.5. The minimum Gasteiger partial charge on any atom is -0.328 e. The lowest BCUT2D eigenvalue weighted by Gasteiger charge is -2.11. The van der Waals surface area contributed by atoms with Crippen molar-refractivity contribution in [2.45, 2.75) is 47.3 Å². The van der Waals surface area contributed by atoms with Crippen LogP contribution in [0.4, 0.5) is 0 Å². The predicted molar refractivity (Wildman–Crippen MR) is 85.5 cm³/mol. The SMILES string of the molecule is CCn1nc(C)c(Cl)c1Cn1ccnc1CNCC(C)C. The van der Waals surface area contributed by atoms with Gasteiger partial charge < -0.3 is 9.88 Å². The average molecular weight is 310 g/mol. The van der Waals surface area contributed by atoms with Gasteiger partial charge in [0, 0.05) is 18.9 Å². The first-order valence-corrected chi connectivity index (χ1v) is 7.83. The minimum absolute atomic E-state index is 0.632. The Morgan fingerprint density at radius 3 is 2.81 bits per heavy atom. The highest BCUT2D eigenvalue weighted by Gasteiger charge is 2.14. The van der Waals surface area contributed by atoms with Crippen LogP contribution in [0.25, 0.3) is 0 Å². The standard InChI is InChI=1S/C15H24ClN5/c1-5-21-13(15(16)12(4)19-21)10-20-7-6-18-14(20)9-17-8-11(2)3/h6-7,11,17H,5,8-10H2,1-4H3. The summed E-state index contributed by atoms with van der Waals surface area (Å²) in [6, 6.07) is 0. The fraction of sp³-hybridized carbons (Fsp3) is 0.600. The predicted octanol–water partition coefficient (Wildman–Crippen LogP) is 2.86. The van der Waals surface area contributed by atoms with Crippen LogP contribution in [0.2, 0.25) is 5.02 Å². The molecule has 0 spiro atoms. The summed E-state index contributed by atoms with van der Waals surface area (Å²) in [6.45, 7) is 11.7. The van der Waals surface area contributed by atoms with E-state index in [1.54, 1.807) is 0 Å². The second kappa shape index (κ2) is 7.09. The molecule has 0 atom stereocenters. The molecule has 2 aromatic heterocycles. The van der Waals surface area contributed by atoms with Gasteiger partial charge in [-0.3, -0.25) is 4.68 Å². The van der Waals surface area contributed by atoms with E-state index in [9.17, 15) is 0 Å². The van der Waals surface area contributed by atoms with Gasteiger partial charge in [-0.15, -0.1) is 0 Å². The molecule has 5 nitrogen and oxygen atoms in total. The molecule has 21 heavy (non-hydrogen) atoms. The molecule has 6 heteroatoms. The number of aromatic nitrogens is 4. The van der Waals surface area contributed by atoms with Crippen molar-refractivity contribution in [3.63, 3.8) is 0 Å². The zero-order valence-electron chi connectivity index (χ0n) is 13.2. The molecule has 2 aromatic rings. The molecule has 0 unspecified atom stereocenters. The fourth-order valence-corrected chi connectivity index (χ4v) is 2.50. The van der Waals surface area contributed by atoms with Crippen LogP contribution in [0.1, 0.15) is 38.0 Å². The van der Waals surface area contributed by atoms with Crippen LogP contribution in [-0.2, 0) is 19.6 Å². The molecule has 116 valence electrons. The Kier molecular flexibility index (Phi) is 5.42. The Morgan fingerprint density at radius 1 is 1.38 bits per heavy atom. The first-order chi connectivity index (χ1) is 10.0. The van der Waals surface area contributed by atoms with Gasteiger partial charge in [0.1, 0.15) is 5.82 Å². The topological polar surface area (TPSA) is 47.7 Å².